The Labute approximate surface area is 105 Å². The summed E-state index contributed by atoms with van der Waals surface area (Å²) in [4.78, 5) is 11.7. The average Bonchev–Trinajstić information content (AvgIpc) is 2.56. The van der Waals surface area contributed by atoms with Crippen molar-refractivity contribution in [2.75, 3.05) is 0 Å². The van der Waals surface area contributed by atoms with Gasteiger partial charge in [-0.1, -0.05) is 34.8 Å². The molecule has 0 aliphatic heterocycles. The lowest BCUT2D eigenvalue weighted by molar-refractivity contribution is 0.795. The van der Waals surface area contributed by atoms with Crippen LogP contribution in [0.1, 0.15) is 5.69 Å². The Morgan fingerprint density at radius 1 is 1.38 bits per heavy atom. The van der Waals surface area contributed by atoms with Gasteiger partial charge >= 0.3 is 0 Å². The molecule has 0 spiro atoms. The molecule has 0 bridgehead atoms. The third kappa shape index (κ3) is 1.81. The third-order valence-corrected chi connectivity index (χ3v) is 3.01. The molecule has 2 aromatic heterocycles. The first-order chi connectivity index (χ1) is 7.50. The van der Waals surface area contributed by atoms with Gasteiger partial charge in [-0.05, 0) is 6.92 Å². The van der Waals surface area contributed by atoms with E-state index in [1.54, 1.807) is 6.92 Å². The van der Waals surface area contributed by atoms with Crippen molar-refractivity contribution in [3.8, 4) is 5.82 Å². The summed E-state index contributed by atoms with van der Waals surface area (Å²) in [5.41, 5.74) is 0.0820. The van der Waals surface area contributed by atoms with Gasteiger partial charge in [-0.3, -0.25) is 9.89 Å². The largest absolute Gasteiger partial charge is 0.284 e. The second-order valence-electron chi connectivity index (χ2n) is 3.01. The highest BCUT2D eigenvalue weighted by Crippen LogP contribution is 2.17. The van der Waals surface area contributed by atoms with Crippen molar-refractivity contribution >= 4 is 34.8 Å². The van der Waals surface area contributed by atoms with Gasteiger partial charge in [0, 0.05) is 0 Å². The normalized spacial score (nSPS) is 10.8. The molecule has 0 amide bonds. The van der Waals surface area contributed by atoms with E-state index >= 15 is 0 Å². The Balaban J connectivity index is 2.66. The molecule has 5 nitrogen and oxygen atoms in total. The van der Waals surface area contributed by atoms with Crippen LogP contribution in [0.5, 0.6) is 0 Å². The summed E-state index contributed by atoms with van der Waals surface area (Å²) in [6.45, 7) is 1.71. The van der Waals surface area contributed by atoms with Crippen molar-refractivity contribution in [3.05, 3.63) is 37.3 Å². The molecule has 8 heteroatoms. The van der Waals surface area contributed by atoms with Crippen molar-refractivity contribution in [1.29, 1.82) is 0 Å². The number of halogens is 3. The third-order valence-electron chi connectivity index (χ3n) is 1.91. The fourth-order valence-electron chi connectivity index (χ4n) is 1.10. The van der Waals surface area contributed by atoms with E-state index in [1.807, 2.05) is 0 Å². The monoisotopic (exact) mass is 278 g/mol. The summed E-state index contributed by atoms with van der Waals surface area (Å²) >= 11 is 17.1. The minimum atomic E-state index is -0.510. The van der Waals surface area contributed by atoms with E-state index in [2.05, 4.69) is 15.3 Å². The highest BCUT2D eigenvalue weighted by molar-refractivity contribution is 6.41. The molecule has 1 N–H and O–H groups in total. The fraction of sp³-hybridized carbons (Fsp3) is 0.125. The second kappa shape index (κ2) is 4.08. The molecule has 16 heavy (non-hydrogen) atoms. The lowest BCUT2D eigenvalue weighted by Gasteiger charge is -2.00. The van der Waals surface area contributed by atoms with Crippen LogP contribution in [-0.4, -0.2) is 20.0 Å². The van der Waals surface area contributed by atoms with E-state index in [0.29, 0.717) is 10.7 Å². The summed E-state index contributed by atoms with van der Waals surface area (Å²) in [6.07, 6.45) is 1.47. The zero-order valence-corrected chi connectivity index (χ0v) is 10.2. The van der Waals surface area contributed by atoms with E-state index in [0.717, 1.165) is 0 Å². The number of hydrogen-bond donors (Lipinski definition) is 1. The van der Waals surface area contributed by atoms with Gasteiger partial charge in [0.25, 0.3) is 0 Å². The number of aryl methyl sites for hydroxylation is 1. The van der Waals surface area contributed by atoms with Crippen LogP contribution in [0.2, 0.25) is 15.2 Å². The maximum Gasteiger partial charge on any atom is 0.246 e. The van der Waals surface area contributed by atoms with E-state index in [1.165, 1.54) is 10.9 Å². The van der Waals surface area contributed by atoms with E-state index in [-0.39, 0.29) is 16.0 Å². The topological polar surface area (TPSA) is 63.6 Å². The maximum atomic E-state index is 11.7. The molecule has 0 radical (unpaired) electrons. The van der Waals surface area contributed by atoms with Crippen molar-refractivity contribution in [2.24, 2.45) is 0 Å². The van der Waals surface area contributed by atoms with Gasteiger partial charge in [-0.15, -0.1) is 0 Å². The molecule has 0 fully saturated rings. The molecular formula is C8H5Cl3N4O. The van der Waals surface area contributed by atoms with Gasteiger partial charge in [0.1, 0.15) is 10.2 Å². The molecule has 84 valence electrons. The van der Waals surface area contributed by atoms with Crippen molar-refractivity contribution in [3.63, 3.8) is 0 Å². The molecule has 0 saturated heterocycles. The Kier molecular flexibility index (Phi) is 2.92. The summed E-state index contributed by atoms with van der Waals surface area (Å²) in [5.74, 6) is 0.0180. The summed E-state index contributed by atoms with van der Waals surface area (Å²) < 4.78 is 1.25. The van der Waals surface area contributed by atoms with Gasteiger partial charge in [0.2, 0.25) is 11.2 Å². The predicted octanol–water partition coefficient (Wildman–Crippen LogP) is 2.22. The Hall–Kier alpha value is -1.04. The average molecular weight is 280 g/mol. The first kappa shape index (κ1) is 11.4. The van der Waals surface area contributed by atoms with Crippen molar-refractivity contribution < 1.29 is 0 Å². The molecule has 2 aromatic rings. The molecule has 0 atom stereocenters. The molecular weight excluding hydrogens is 274 g/mol. The molecule has 0 aliphatic rings. The van der Waals surface area contributed by atoms with Crippen LogP contribution in [0, 0.1) is 6.92 Å². The summed E-state index contributed by atoms with van der Waals surface area (Å²) in [5, 5.41) is 10.5. The quantitative estimate of drug-likeness (QED) is 0.870. The van der Waals surface area contributed by atoms with Crippen molar-refractivity contribution in [1.82, 2.24) is 20.0 Å². The maximum absolute atomic E-state index is 11.7. The number of hydrogen-bond acceptors (Lipinski definition) is 3. The molecule has 0 saturated carbocycles. The van der Waals surface area contributed by atoms with Crippen molar-refractivity contribution in [2.45, 2.75) is 6.92 Å². The SMILES string of the molecule is Cc1nn(-c2n[nH]c(Cl)c(Cl)c2=O)cc1Cl. The van der Waals surface area contributed by atoms with Crippen LogP contribution in [0.4, 0.5) is 0 Å². The zero-order valence-electron chi connectivity index (χ0n) is 7.96. The minimum absolute atomic E-state index is 0.00890. The van der Waals surface area contributed by atoms with E-state index in [4.69, 9.17) is 34.8 Å². The fourth-order valence-corrected chi connectivity index (χ4v) is 1.49. The van der Waals surface area contributed by atoms with Gasteiger partial charge in [-0.2, -0.15) is 10.2 Å². The van der Waals surface area contributed by atoms with Crippen LogP contribution < -0.4 is 5.43 Å². The number of nitrogens with zero attached hydrogens (tertiary/aromatic N) is 3. The van der Waals surface area contributed by atoms with Gasteiger partial charge in [0.05, 0.1) is 16.9 Å². The van der Waals surface area contributed by atoms with Crippen LogP contribution in [0.25, 0.3) is 5.82 Å². The minimum Gasteiger partial charge on any atom is -0.284 e. The highest BCUT2D eigenvalue weighted by atomic mass is 35.5. The lowest BCUT2D eigenvalue weighted by Crippen LogP contribution is -2.16. The molecule has 0 aliphatic carbocycles. The number of aromatic nitrogens is 4. The van der Waals surface area contributed by atoms with Gasteiger partial charge in [-0.25, -0.2) is 4.68 Å². The summed E-state index contributed by atoms with van der Waals surface area (Å²) in [6, 6.07) is 0. The molecule has 2 heterocycles. The molecule has 2 rings (SSSR count). The lowest BCUT2D eigenvalue weighted by atomic mass is 10.5. The van der Waals surface area contributed by atoms with E-state index in [9.17, 15) is 4.79 Å². The predicted molar refractivity (Wildman–Crippen MR) is 61.7 cm³/mol. The highest BCUT2D eigenvalue weighted by Gasteiger charge is 2.13. The Morgan fingerprint density at radius 3 is 2.62 bits per heavy atom. The van der Waals surface area contributed by atoms with Crippen LogP contribution in [-0.2, 0) is 0 Å². The number of aromatic amines is 1. The first-order valence-electron chi connectivity index (χ1n) is 4.16. The number of rotatable bonds is 1. The first-order valence-corrected chi connectivity index (χ1v) is 5.30. The van der Waals surface area contributed by atoms with Gasteiger partial charge < -0.3 is 0 Å². The second-order valence-corrected chi connectivity index (χ2v) is 4.17. The summed E-state index contributed by atoms with van der Waals surface area (Å²) in [7, 11) is 0. The van der Waals surface area contributed by atoms with Crippen LogP contribution in [0.3, 0.4) is 0 Å². The zero-order chi connectivity index (χ0) is 11.9. The number of H-pyrrole nitrogens is 1. The smallest absolute Gasteiger partial charge is 0.246 e. The molecule has 0 aromatic carbocycles. The number of nitrogens with one attached hydrogen (secondary N) is 1. The van der Waals surface area contributed by atoms with E-state index < -0.39 is 5.43 Å². The molecule has 0 unspecified atom stereocenters. The van der Waals surface area contributed by atoms with Crippen LogP contribution >= 0.6 is 34.8 Å². The Morgan fingerprint density at radius 2 is 2.06 bits per heavy atom. The van der Waals surface area contributed by atoms with Crippen LogP contribution in [0.15, 0.2) is 11.0 Å². The van der Waals surface area contributed by atoms with Gasteiger partial charge in [0.15, 0.2) is 0 Å². The Bertz CT molecular complexity index is 584. The standard InChI is InChI=1S/C8H5Cl3N4O/c1-3-4(9)2-15(14-3)8-6(16)5(10)7(11)12-13-8/h2H,1H3,(H,12,16).